The number of aromatic nitrogens is 1. The SMILES string of the molecule is CCC(C)c1cc(C(=O)NCC2(CO)CC2)on1. The summed E-state index contributed by atoms with van der Waals surface area (Å²) in [6.07, 6.45) is 2.90. The third kappa shape index (κ3) is 2.72. The minimum Gasteiger partial charge on any atom is -0.396 e. The largest absolute Gasteiger partial charge is 0.396 e. The second-order valence-electron chi connectivity index (χ2n) is 5.27. The number of rotatable bonds is 6. The van der Waals surface area contributed by atoms with Gasteiger partial charge in [-0.2, -0.15) is 0 Å². The molecule has 5 heteroatoms. The van der Waals surface area contributed by atoms with Crippen LogP contribution in [-0.2, 0) is 0 Å². The fourth-order valence-electron chi connectivity index (χ4n) is 1.76. The fraction of sp³-hybridized carbons (Fsp3) is 0.692. The van der Waals surface area contributed by atoms with Crippen molar-refractivity contribution in [1.82, 2.24) is 10.5 Å². The fourth-order valence-corrected chi connectivity index (χ4v) is 1.76. The van der Waals surface area contributed by atoms with E-state index in [0.717, 1.165) is 25.0 Å². The Balaban J connectivity index is 1.91. The zero-order valence-electron chi connectivity index (χ0n) is 10.9. The molecule has 0 aliphatic heterocycles. The number of aliphatic hydroxyl groups excluding tert-OH is 1. The normalized spacial score (nSPS) is 18.4. The van der Waals surface area contributed by atoms with Crippen molar-refractivity contribution in [3.05, 3.63) is 17.5 Å². The van der Waals surface area contributed by atoms with Crippen LogP contribution in [0.3, 0.4) is 0 Å². The van der Waals surface area contributed by atoms with Crippen LogP contribution in [0.1, 0.15) is 55.3 Å². The maximum absolute atomic E-state index is 11.8. The third-order valence-corrected chi connectivity index (χ3v) is 3.79. The van der Waals surface area contributed by atoms with Crippen molar-refractivity contribution < 1.29 is 14.4 Å². The van der Waals surface area contributed by atoms with Crippen molar-refractivity contribution in [3.63, 3.8) is 0 Å². The molecule has 1 atom stereocenters. The molecule has 18 heavy (non-hydrogen) atoms. The lowest BCUT2D eigenvalue weighted by atomic mass is 10.1. The molecular weight excluding hydrogens is 232 g/mol. The van der Waals surface area contributed by atoms with Crippen LogP contribution < -0.4 is 5.32 Å². The predicted octanol–water partition coefficient (Wildman–Crippen LogP) is 1.69. The van der Waals surface area contributed by atoms with Gasteiger partial charge in [-0.3, -0.25) is 4.79 Å². The van der Waals surface area contributed by atoms with Gasteiger partial charge in [-0.1, -0.05) is 19.0 Å². The van der Waals surface area contributed by atoms with Crippen molar-refractivity contribution in [1.29, 1.82) is 0 Å². The zero-order valence-corrected chi connectivity index (χ0v) is 10.9. The van der Waals surface area contributed by atoms with E-state index in [0.29, 0.717) is 12.5 Å². The van der Waals surface area contributed by atoms with Crippen LogP contribution in [0.4, 0.5) is 0 Å². The number of nitrogens with zero attached hydrogens (tertiary/aromatic N) is 1. The van der Waals surface area contributed by atoms with E-state index in [1.807, 2.05) is 6.92 Å². The minimum atomic E-state index is -0.253. The van der Waals surface area contributed by atoms with Crippen LogP contribution >= 0.6 is 0 Å². The van der Waals surface area contributed by atoms with Crippen LogP contribution in [0.15, 0.2) is 10.6 Å². The number of amides is 1. The highest BCUT2D eigenvalue weighted by molar-refractivity contribution is 5.91. The molecule has 1 aromatic heterocycles. The van der Waals surface area contributed by atoms with E-state index >= 15 is 0 Å². The van der Waals surface area contributed by atoms with Crippen molar-refractivity contribution in [3.8, 4) is 0 Å². The number of aliphatic hydroxyl groups is 1. The summed E-state index contributed by atoms with van der Waals surface area (Å²) in [5, 5.41) is 15.9. The van der Waals surface area contributed by atoms with Crippen molar-refractivity contribution in [2.45, 2.75) is 39.0 Å². The molecule has 1 fully saturated rings. The Morgan fingerprint density at radius 3 is 2.94 bits per heavy atom. The molecule has 1 aromatic rings. The molecule has 1 aliphatic rings. The molecule has 1 amide bonds. The quantitative estimate of drug-likeness (QED) is 0.808. The average molecular weight is 252 g/mol. The second kappa shape index (κ2) is 5.10. The maximum atomic E-state index is 11.8. The third-order valence-electron chi connectivity index (χ3n) is 3.79. The average Bonchev–Trinajstić information content (AvgIpc) is 3.01. The van der Waals surface area contributed by atoms with Crippen LogP contribution in [0.25, 0.3) is 0 Å². The van der Waals surface area contributed by atoms with Crippen molar-refractivity contribution in [2.75, 3.05) is 13.2 Å². The van der Waals surface area contributed by atoms with Crippen LogP contribution in [-0.4, -0.2) is 29.3 Å². The molecule has 0 spiro atoms. The standard InChI is InChI=1S/C13H20N2O3/c1-3-9(2)10-6-11(18-15-10)12(17)14-7-13(8-16)4-5-13/h6,9,16H,3-5,7-8H2,1-2H3,(H,14,17). The monoisotopic (exact) mass is 252 g/mol. The van der Waals surface area contributed by atoms with Gasteiger partial charge < -0.3 is 14.9 Å². The number of hydrogen-bond acceptors (Lipinski definition) is 4. The molecule has 100 valence electrons. The summed E-state index contributed by atoms with van der Waals surface area (Å²) in [6, 6.07) is 1.70. The highest BCUT2D eigenvalue weighted by Gasteiger charge is 2.42. The number of carbonyl (C=O) groups excluding carboxylic acids is 1. The lowest BCUT2D eigenvalue weighted by Crippen LogP contribution is -2.31. The predicted molar refractivity (Wildman–Crippen MR) is 66.3 cm³/mol. The van der Waals surface area contributed by atoms with Gasteiger partial charge in [0.15, 0.2) is 0 Å². The molecule has 1 unspecified atom stereocenters. The number of carbonyl (C=O) groups is 1. The Bertz CT molecular complexity index is 424. The summed E-state index contributed by atoms with van der Waals surface area (Å²) in [5.41, 5.74) is 0.723. The Kier molecular flexibility index (Phi) is 3.71. The van der Waals surface area contributed by atoms with Gasteiger partial charge in [0.25, 0.3) is 5.91 Å². The van der Waals surface area contributed by atoms with E-state index in [2.05, 4.69) is 17.4 Å². The van der Waals surface area contributed by atoms with Crippen LogP contribution in [0.2, 0.25) is 0 Å². The van der Waals surface area contributed by atoms with Gasteiger partial charge in [0.05, 0.1) is 12.3 Å². The second-order valence-corrected chi connectivity index (χ2v) is 5.27. The minimum absolute atomic E-state index is 0.0881. The van der Waals surface area contributed by atoms with E-state index in [1.165, 1.54) is 0 Å². The molecule has 0 saturated heterocycles. The van der Waals surface area contributed by atoms with Crippen molar-refractivity contribution >= 4 is 5.91 Å². The highest BCUT2D eigenvalue weighted by atomic mass is 16.5. The van der Waals surface area contributed by atoms with E-state index < -0.39 is 0 Å². The van der Waals surface area contributed by atoms with E-state index in [4.69, 9.17) is 9.63 Å². The van der Waals surface area contributed by atoms with E-state index in [9.17, 15) is 4.79 Å². The summed E-state index contributed by atoms with van der Waals surface area (Å²) < 4.78 is 5.04. The van der Waals surface area contributed by atoms with Crippen LogP contribution in [0, 0.1) is 5.41 Å². The Labute approximate surface area is 107 Å². The van der Waals surface area contributed by atoms with E-state index in [1.54, 1.807) is 6.07 Å². The van der Waals surface area contributed by atoms with E-state index in [-0.39, 0.29) is 23.7 Å². The first-order chi connectivity index (χ1) is 8.60. The first kappa shape index (κ1) is 13.1. The Hall–Kier alpha value is -1.36. The number of nitrogens with one attached hydrogen (secondary N) is 1. The van der Waals surface area contributed by atoms with Gasteiger partial charge in [-0.25, -0.2) is 0 Å². The lowest BCUT2D eigenvalue weighted by molar-refractivity contribution is 0.0898. The van der Waals surface area contributed by atoms with Crippen LogP contribution in [0.5, 0.6) is 0 Å². The van der Waals surface area contributed by atoms with Gasteiger partial charge in [-0.15, -0.1) is 0 Å². The molecule has 2 rings (SSSR count). The maximum Gasteiger partial charge on any atom is 0.289 e. The van der Waals surface area contributed by atoms with Gasteiger partial charge >= 0.3 is 0 Å². The molecule has 0 bridgehead atoms. The lowest BCUT2D eigenvalue weighted by Gasteiger charge is -2.11. The Morgan fingerprint density at radius 1 is 1.67 bits per heavy atom. The summed E-state index contributed by atoms with van der Waals surface area (Å²) in [5.74, 6) is 0.290. The van der Waals surface area contributed by atoms with Crippen molar-refractivity contribution in [2.24, 2.45) is 5.41 Å². The smallest absolute Gasteiger partial charge is 0.289 e. The first-order valence-corrected chi connectivity index (χ1v) is 6.46. The topological polar surface area (TPSA) is 75.4 Å². The summed E-state index contributed by atoms with van der Waals surface area (Å²) in [4.78, 5) is 11.8. The molecule has 5 nitrogen and oxygen atoms in total. The molecule has 0 aromatic carbocycles. The molecular formula is C13H20N2O3. The molecule has 1 heterocycles. The molecule has 0 radical (unpaired) electrons. The molecule has 1 saturated carbocycles. The summed E-state index contributed by atoms with van der Waals surface area (Å²) in [7, 11) is 0. The van der Waals surface area contributed by atoms with Gasteiger partial charge in [0, 0.05) is 23.9 Å². The Morgan fingerprint density at radius 2 is 2.39 bits per heavy atom. The van der Waals surface area contributed by atoms with Gasteiger partial charge in [0.1, 0.15) is 0 Å². The first-order valence-electron chi connectivity index (χ1n) is 6.46. The summed E-state index contributed by atoms with van der Waals surface area (Å²) in [6.45, 7) is 4.74. The zero-order chi connectivity index (χ0) is 13.2. The van der Waals surface area contributed by atoms with Gasteiger partial charge in [-0.05, 0) is 19.3 Å². The number of hydrogen-bond donors (Lipinski definition) is 2. The van der Waals surface area contributed by atoms with Gasteiger partial charge in [0.2, 0.25) is 5.76 Å². The summed E-state index contributed by atoms with van der Waals surface area (Å²) >= 11 is 0. The highest BCUT2D eigenvalue weighted by Crippen LogP contribution is 2.44. The molecule has 1 aliphatic carbocycles. The molecule has 2 N–H and O–H groups in total.